The van der Waals surface area contributed by atoms with Crippen molar-refractivity contribution >= 4 is 0 Å². The van der Waals surface area contributed by atoms with E-state index in [1.165, 1.54) is 19.3 Å². The number of hydrogen-bond acceptors (Lipinski definition) is 1. The fourth-order valence-corrected chi connectivity index (χ4v) is 2.61. The van der Waals surface area contributed by atoms with E-state index in [0.717, 1.165) is 17.0 Å². The molecule has 0 aliphatic heterocycles. The second-order valence-corrected chi connectivity index (χ2v) is 5.42. The molecule has 1 fully saturated rings. The third kappa shape index (κ3) is 3.07. The molecule has 1 atom stereocenters. The minimum atomic E-state index is 0.397. The number of phenols is 1. The van der Waals surface area contributed by atoms with Gasteiger partial charge in [-0.05, 0) is 41.7 Å². The molecule has 1 saturated carbocycles. The Balaban J connectivity index is 0.000000771. The summed E-state index contributed by atoms with van der Waals surface area (Å²) in [5, 5.41) is 10.3. The van der Waals surface area contributed by atoms with Crippen molar-refractivity contribution in [1.29, 1.82) is 0 Å². The van der Waals surface area contributed by atoms with E-state index < -0.39 is 0 Å². The number of rotatable bonds is 3. The highest BCUT2D eigenvalue weighted by molar-refractivity contribution is 5.44. The smallest absolute Gasteiger partial charge is 0.122 e. The summed E-state index contributed by atoms with van der Waals surface area (Å²) in [6, 6.07) is 6.21. The molecule has 2 rings (SSSR count). The zero-order valence-electron chi connectivity index (χ0n) is 12.5. The first kappa shape index (κ1) is 15.1. The summed E-state index contributed by atoms with van der Waals surface area (Å²) in [6.45, 7) is 10.5. The third-order valence-electron chi connectivity index (χ3n) is 4.07. The summed E-state index contributed by atoms with van der Waals surface area (Å²) in [5.41, 5.74) is 2.24. The molecule has 0 unspecified atom stereocenters. The number of para-hydroxylation sites is 1. The van der Waals surface area contributed by atoms with E-state index in [4.69, 9.17) is 0 Å². The van der Waals surface area contributed by atoms with Crippen molar-refractivity contribution in [3.8, 4) is 5.75 Å². The van der Waals surface area contributed by atoms with Crippen molar-refractivity contribution in [3.05, 3.63) is 29.3 Å². The summed E-state index contributed by atoms with van der Waals surface area (Å²) in [5.74, 6) is 2.23. The average Bonchev–Trinajstić information content (AvgIpc) is 2.29. The van der Waals surface area contributed by atoms with Gasteiger partial charge in [0.1, 0.15) is 5.75 Å². The van der Waals surface area contributed by atoms with E-state index in [1.807, 2.05) is 19.9 Å². The molecule has 1 aliphatic rings. The van der Waals surface area contributed by atoms with Crippen LogP contribution in [-0.2, 0) is 0 Å². The van der Waals surface area contributed by atoms with Crippen molar-refractivity contribution in [3.63, 3.8) is 0 Å². The van der Waals surface area contributed by atoms with Crippen LogP contribution < -0.4 is 0 Å². The summed E-state index contributed by atoms with van der Waals surface area (Å²) < 4.78 is 0. The first-order chi connectivity index (χ1) is 8.61. The molecule has 0 bridgehead atoms. The first-order valence-electron chi connectivity index (χ1n) is 7.43. The summed E-state index contributed by atoms with van der Waals surface area (Å²) in [6.07, 6.45) is 4.01. The summed E-state index contributed by atoms with van der Waals surface area (Å²) >= 11 is 0. The fraction of sp³-hybridized carbons (Fsp3) is 0.647. The zero-order valence-corrected chi connectivity index (χ0v) is 12.5. The molecule has 1 N–H and O–H groups in total. The molecule has 1 nitrogen and oxygen atoms in total. The Kier molecular flexibility index (Phi) is 5.71. The van der Waals surface area contributed by atoms with Crippen LogP contribution in [0.2, 0.25) is 0 Å². The van der Waals surface area contributed by atoms with E-state index in [2.05, 4.69) is 32.9 Å². The van der Waals surface area contributed by atoms with Gasteiger partial charge in [-0.25, -0.2) is 0 Å². The minimum Gasteiger partial charge on any atom is -0.507 e. The van der Waals surface area contributed by atoms with Crippen molar-refractivity contribution in [2.75, 3.05) is 0 Å². The summed E-state index contributed by atoms with van der Waals surface area (Å²) in [7, 11) is 0. The van der Waals surface area contributed by atoms with Gasteiger partial charge in [0.25, 0.3) is 0 Å². The molecular weight excluding hydrogens is 220 g/mol. The van der Waals surface area contributed by atoms with E-state index in [0.29, 0.717) is 17.6 Å². The van der Waals surface area contributed by atoms with Gasteiger partial charge >= 0.3 is 0 Å². The van der Waals surface area contributed by atoms with Crippen LogP contribution in [0, 0.1) is 5.92 Å². The Morgan fingerprint density at radius 1 is 1.06 bits per heavy atom. The second kappa shape index (κ2) is 6.82. The molecule has 102 valence electrons. The van der Waals surface area contributed by atoms with Gasteiger partial charge in [-0.2, -0.15) is 0 Å². The number of phenolic OH excluding ortho intramolecular Hbond substituents is 1. The van der Waals surface area contributed by atoms with Crippen LogP contribution in [0.25, 0.3) is 0 Å². The van der Waals surface area contributed by atoms with Crippen LogP contribution in [0.4, 0.5) is 0 Å². The van der Waals surface area contributed by atoms with E-state index in [-0.39, 0.29) is 0 Å². The third-order valence-corrected chi connectivity index (χ3v) is 4.07. The second-order valence-electron chi connectivity index (χ2n) is 5.42. The molecule has 0 amide bonds. The van der Waals surface area contributed by atoms with Crippen LogP contribution in [0.5, 0.6) is 5.75 Å². The van der Waals surface area contributed by atoms with Gasteiger partial charge in [-0.1, -0.05) is 59.2 Å². The van der Waals surface area contributed by atoms with Crippen molar-refractivity contribution < 1.29 is 5.11 Å². The quantitative estimate of drug-likeness (QED) is 0.754. The van der Waals surface area contributed by atoms with Crippen LogP contribution in [0.1, 0.15) is 76.8 Å². The lowest BCUT2D eigenvalue weighted by Gasteiger charge is -2.32. The van der Waals surface area contributed by atoms with E-state index >= 15 is 0 Å². The van der Waals surface area contributed by atoms with Crippen molar-refractivity contribution in [2.45, 2.75) is 65.7 Å². The largest absolute Gasteiger partial charge is 0.507 e. The van der Waals surface area contributed by atoms with E-state index in [1.54, 1.807) is 0 Å². The lowest BCUT2D eigenvalue weighted by Crippen LogP contribution is -2.18. The predicted molar refractivity (Wildman–Crippen MR) is 79.3 cm³/mol. The Hall–Kier alpha value is -0.980. The molecule has 0 spiro atoms. The molecule has 1 heteroatoms. The van der Waals surface area contributed by atoms with Crippen molar-refractivity contribution in [1.82, 2.24) is 0 Å². The minimum absolute atomic E-state index is 0.397. The highest BCUT2D eigenvalue weighted by atomic mass is 16.3. The van der Waals surface area contributed by atoms with Gasteiger partial charge in [0, 0.05) is 0 Å². The molecule has 18 heavy (non-hydrogen) atoms. The SMILES string of the molecule is CC.CC(C)c1cccc([C@@H](C)C2CCC2)c1O. The van der Waals surface area contributed by atoms with Crippen LogP contribution >= 0.6 is 0 Å². The monoisotopic (exact) mass is 248 g/mol. The standard InChI is InChI=1S/C15H22O.C2H6/c1-10(2)13-8-5-9-14(15(13)16)11(3)12-6-4-7-12;1-2/h5,8-12,16H,4,6-7H2,1-3H3;1-2H3/t11-;/m0./s1. The van der Waals surface area contributed by atoms with Gasteiger partial charge in [0.05, 0.1) is 0 Å². The maximum Gasteiger partial charge on any atom is 0.122 e. The maximum absolute atomic E-state index is 10.3. The average molecular weight is 248 g/mol. The Labute approximate surface area is 112 Å². The van der Waals surface area contributed by atoms with Crippen LogP contribution in [0.3, 0.4) is 0 Å². The van der Waals surface area contributed by atoms with Crippen LogP contribution in [0.15, 0.2) is 18.2 Å². The Morgan fingerprint density at radius 3 is 2.06 bits per heavy atom. The van der Waals surface area contributed by atoms with Gasteiger partial charge in [0.2, 0.25) is 0 Å². The normalized spacial score (nSPS) is 16.8. The molecular formula is C17H28O. The van der Waals surface area contributed by atoms with Crippen molar-refractivity contribution in [2.24, 2.45) is 5.92 Å². The van der Waals surface area contributed by atoms with Gasteiger partial charge < -0.3 is 5.11 Å². The molecule has 1 aliphatic carbocycles. The molecule has 0 aromatic heterocycles. The van der Waals surface area contributed by atoms with Gasteiger partial charge in [0.15, 0.2) is 0 Å². The maximum atomic E-state index is 10.3. The summed E-state index contributed by atoms with van der Waals surface area (Å²) in [4.78, 5) is 0. The lowest BCUT2D eigenvalue weighted by molar-refractivity contribution is 0.268. The molecule has 0 radical (unpaired) electrons. The Bertz CT molecular complexity index is 364. The predicted octanol–water partition coefficient (Wildman–Crippen LogP) is 5.45. The highest BCUT2D eigenvalue weighted by Gasteiger charge is 2.27. The van der Waals surface area contributed by atoms with Crippen LogP contribution in [-0.4, -0.2) is 5.11 Å². The number of aromatic hydroxyl groups is 1. The van der Waals surface area contributed by atoms with Gasteiger partial charge in [-0.15, -0.1) is 0 Å². The molecule has 1 aromatic rings. The molecule has 1 aromatic carbocycles. The van der Waals surface area contributed by atoms with Gasteiger partial charge in [-0.3, -0.25) is 0 Å². The topological polar surface area (TPSA) is 20.2 Å². The lowest BCUT2D eigenvalue weighted by atomic mass is 9.73. The zero-order chi connectivity index (χ0) is 13.7. The molecule has 0 saturated heterocycles. The number of hydrogen-bond donors (Lipinski definition) is 1. The Morgan fingerprint density at radius 2 is 1.61 bits per heavy atom. The molecule has 0 heterocycles. The fourth-order valence-electron chi connectivity index (χ4n) is 2.61. The highest BCUT2D eigenvalue weighted by Crippen LogP contribution is 2.43. The first-order valence-corrected chi connectivity index (χ1v) is 7.43. The number of benzene rings is 1. The van der Waals surface area contributed by atoms with E-state index in [9.17, 15) is 5.11 Å².